The van der Waals surface area contributed by atoms with Crippen molar-refractivity contribution >= 4 is 5.96 Å². The van der Waals surface area contributed by atoms with Gasteiger partial charge in [-0.3, -0.25) is 0 Å². The second kappa shape index (κ2) is 11.1. The largest absolute Gasteiger partial charge is 0.497 e. The minimum absolute atomic E-state index is 0.122. The molecule has 0 saturated heterocycles. The molecule has 1 aromatic carbocycles. The topological polar surface area (TPSA) is 67.8 Å². The molecule has 6 heteroatoms. The van der Waals surface area contributed by atoms with E-state index in [0.29, 0.717) is 12.4 Å². The van der Waals surface area contributed by atoms with Crippen molar-refractivity contribution in [2.45, 2.75) is 39.8 Å². The van der Waals surface area contributed by atoms with Crippen LogP contribution in [0.2, 0.25) is 0 Å². The molecule has 0 bridgehead atoms. The molecule has 0 aliphatic heterocycles. The highest BCUT2D eigenvalue weighted by Crippen LogP contribution is 2.12. The number of aromatic nitrogens is 1. The second-order valence-corrected chi connectivity index (χ2v) is 6.39. The first-order valence-corrected chi connectivity index (χ1v) is 9.37. The summed E-state index contributed by atoms with van der Waals surface area (Å²) < 4.78 is 10.7. The molecule has 0 aliphatic rings. The Morgan fingerprint density at radius 3 is 2.41 bits per heavy atom. The summed E-state index contributed by atoms with van der Waals surface area (Å²) in [6, 6.07) is 12.0. The third-order valence-electron chi connectivity index (χ3n) is 3.78. The number of rotatable bonds is 9. The lowest BCUT2D eigenvalue weighted by molar-refractivity contribution is 0.232. The molecule has 2 rings (SSSR count). The molecule has 146 valence electrons. The van der Waals surface area contributed by atoms with Crippen LogP contribution in [-0.2, 0) is 13.0 Å². The molecule has 0 fully saturated rings. The first-order chi connectivity index (χ1) is 13.1. The lowest BCUT2D eigenvalue weighted by Crippen LogP contribution is -2.38. The van der Waals surface area contributed by atoms with Gasteiger partial charge in [0.25, 0.3) is 0 Å². The van der Waals surface area contributed by atoms with E-state index in [1.165, 1.54) is 5.56 Å². The molecule has 2 N–H and O–H groups in total. The number of hydrogen-bond acceptors (Lipinski definition) is 4. The summed E-state index contributed by atoms with van der Waals surface area (Å²) >= 11 is 0. The second-order valence-electron chi connectivity index (χ2n) is 6.39. The zero-order valence-electron chi connectivity index (χ0n) is 16.7. The van der Waals surface area contributed by atoms with E-state index in [9.17, 15) is 0 Å². The van der Waals surface area contributed by atoms with Crippen molar-refractivity contribution in [3.8, 4) is 11.6 Å². The Balaban J connectivity index is 1.85. The maximum Gasteiger partial charge on any atom is 0.213 e. The highest BCUT2D eigenvalue weighted by molar-refractivity contribution is 5.79. The van der Waals surface area contributed by atoms with Gasteiger partial charge in [-0.2, -0.15) is 0 Å². The standard InChI is InChI=1S/C21H30N4O2/c1-5-22-21(23-13-12-17-6-9-19(26-4)10-7-17)25-15-18-8-11-20(24-14-18)27-16(2)3/h6-11,14,16H,5,12-13,15H2,1-4H3,(H2,22,23,25). The minimum Gasteiger partial charge on any atom is -0.497 e. The number of nitrogens with zero attached hydrogens (tertiary/aromatic N) is 2. The van der Waals surface area contributed by atoms with Crippen LogP contribution in [0.4, 0.5) is 0 Å². The SMILES string of the molecule is CCNC(=NCc1ccc(OC(C)C)nc1)NCCc1ccc(OC)cc1. The quantitative estimate of drug-likeness (QED) is 0.524. The van der Waals surface area contributed by atoms with Gasteiger partial charge in [-0.15, -0.1) is 0 Å². The van der Waals surface area contributed by atoms with Crippen molar-refractivity contribution in [3.63, 3.8) is 0 Å². The number of hydrogen-bond donors (Lipinski definition) is 2. The van der Waals surface area contributed by atoms with Crippen LogP contribution in [0, 0.1) is 0 Å². The van der Waals surface area contributed by atoms with Crippen molar-refractivity contribution in [3.05, 3.63) is 53.7 Å². The lowest BCUT2D eigenvalue weighted by atomic mass is 10.1. The Morgan fingerprint density at radius 2 is 1.81 bits per heavy atom. The predicted octanol–water partition coefficient (Wildman–Crippen LogP) is 3.18. The van der Waals surface area contributed by atoms with Gasteiger partial charge in [-0.1, -0.05) is 18.2 Å². The van der Waals surface area contributed by atoms with Crippen LogP contribution < -0.4 is 20.1 Å². The molecular weight excluding hydrogens is 340 g/mol. The fraction of sp³-hybridized carbons (Fsp3) is 0.429. The Hall–Kier alpha value is -2.76. The molecule has 0 unspecified atom stereocenters. The number of aliphatic imine (C=N–C) groups is 1. The van der Waals surface area contributed by atoms with E-state index >= 15 is 0 Å². The van der Waals surface area contributed by atoms with Gasteiger partial charge >= 0.3 is 0 Å². The van der Waals surface area contributed by atoms with E-state index in [4.69, 9.17) is 9.47 Å². The number of methoxy groups -OCH3 is 1. The number of pyridine rings is 1. The first kappa shape index (κ1) is 20.6. The molecule has 0 saturated carbocycles. The number of benzene rings is 1. The Labute approximate surface area is 162 Å². The van der Waals surface area contributed by atoms with Gasteiger partial charge < -0.3 is 20.1 Å². The van der Waals surface area contributed by atoms with Gasteiger partial charge in [0.2, 0.25) is 5.88 Å². The predicted molar refractivity (Wildman–Crippen MR) is 110 cm³/mol. The average Bonchev–Trinajstić information content (AvgIpc) is 2.67. The van der Waals surface area contributed by atoms with E-state index in [1.807, 2.05) is 44.3 Å². The minimum atomic E-state index is 0.122. The molecule has 1 aromatic heterocycles. The Kier molecular flexibility index (Phi) is 8.42. The molecule has 0 atom stereocenters. The van der Waals surface area contributed by atoms with E-state index in [-0.39, 0.29) is 6.10 Å². The summed E-state index contributed by atoms with van der Waals surface area (Å²) in [6.07, 6.45) is 2.84. The maximum atomic E-state index is 5.56. The van der Waals surface area contributed by atoms with Crippen molar-refractivity contribution in [2.75, 3.05) is 20.2 Å². The van der Waals surface area contributed by atoms with E-state index in [2.05, 4.69) is 39.7 Å². The van der Waals surface area contributed by atoms with Crippen LogP contribution in [0.3, 0.4) is 0 Å². The Morgan fingerprint density at radius 1 is 1.07 bits per heavy atom. The van der Waals surface area contributed by atoms with Gasteiger partial charge in [0.15, 0.2) is 5.96 Å². The fourth-order valence-electron chi connectivity index (χ4n) is 2.45. The normalized spacial score (nSPS) is 11.4. The van der Waals surface area contributed by atoms with Crippen molar-refractivity contribution in [1.82, 2.24) is 15.6 Å². The third-order valence-corrected chi connectivity index (χ3v) is 3.78. The third kappa shape index (κ3) is 7.56. The number of guanidine groups is 1. The number of ether oxygens (including phenoxy) is 2. The molecular formula is C21H30N4O2. The van der Waals surface area contributed by atoms with Gasteiger partial charge in [0, 0.05) is 25.4 Å². The molecule has 0 radical (unpaired) electrons. The summed E-state index contributed by atoms with van der Waals surface area (Å²) in [4.78, 5) is 8.94. The van der Waals surface area contributed by atoms with Gasteiger partial charge in [-0.25, -0.2) is 9.98 Å². The zero-order chi connectivity index (χ0) is 19.5. The van der Waals surface area contributed by atoms with Crippen LogP contribution >= 0.6 is 0 Å². The first-order valence-electron chi connectivity index (χ1n) is 9.37. The smallest absolute Gasteiger partial charge is 0.213 e. The summed E-state index contributed by atoms with van der Waals surface area (Å²) in [5.41, 5.74) is 2.29. The maximum absolute atomic E-state index is 5.56. The van der Waals surface area contributed by atoms with Gasteiger partial charge in [0.1, 0.15) is 5.75 Å². The Bertz CT molecular complexity index is 697. The molecule has 0 amide bonds. The summed E-state index contributed by atoms with van der Waals surface area (Å²) in [6.45, 7) is 8.21. The van der Waals surface area contributed by atoms with Crippen LogP contribution in [0.5, 0.6) is 11.6 Å². The van der Waals surface area contributed by atoms with Crippen LogP contribution in [-0.4, -0.2) is 37.2 Å². The summed E-state index contributed by atoms with van der Waals surface area (Å²) in [5, 5.41) is 6.64. The van der Waals surface area contributed by atoms with E-state index < -0.39 is 0 Å². The van der Waals surface area contributed by atoms with Gasteiger partial charge in [-0.05, 0) is 50.5 Å². The van der Waals surface area contributed by atoms with Crippen molar-refractivity contribution < 1.29 is 9.47 Å². The molecule has 0 spiro atoms. The molecule has 0 aliphatic carbocycles. The van der Waals surface area contributed by atoms with Crippen LogP contribution in [0.1, 0.15) is 31.9 Å². The zero-order valence-corrected chi connectivity index (χ0v) is 16.7. The van der Waals surface area contributed by atoms with Crippen molar-refractivity contribution in [2.24, 2.45) is 4.99 Å². The average molecular weight is 370 g/mol. The number of nitrogens with one attached hydrogen (secondary N) is 2. The van der Waals surface area contributed by atoms with Crippen LogP contribution in [0.25, 0.3) is 0 Å². The molecule has 2 aromatic rings. The highest BCUT2D eigenvalue weighted by Gasteiger charge is 2.01. The van der Waals surface area contributed by atoms with Crippen LogP contribution in [0.15, 0.2) is 47.6 Å². The fourth-order valence-corrected chi connectivity index (χ4v) is 2.45. The summed E-state index contributed by atoms with van der Waals surface area (Å²) in [7, 11) is 1.68. The van der Waals surface area contributed by atoms with Gasteiger partial charge in [0.05, 0.1) is 19.8 Å². The van der Waals surface area contributed by atoms with E-state index in [0.717, 1.165) is 36.8 Å². The van der Waals surface area contributed by atoms with E-state index in [1.54, 1.807) is 7.11 Å². The lowest BCUT2D eigenvalue weighted by Gasteiger charge is -2.12. The summed E-state index contributed by atoms with van der Waals surface area (Å²) in [5.74, 6) is 2.32. The molecule has 6 nitrogen and oxygen atoms in total. The molecule has 1 heterocycles. The monoisotopic (exact) mass is 370 g/mol. The molecule has 27 heavy (non-hydrogen) atoms. The highest BCUT2D eigenvalue weighted by atomic mass is 16.5. The van der Waals surface area contributed by atoms with Crippen molar-refractivity contribution in [1.29, 1.82) is 0 Å².